The number of rotatable bonds is 4. The summed E-state index contributed by atoms with van der Waals surface area (Å²) >= 11 is 5.87. The van der Waals surface area contributed by atoms with E-state index in [1.165, 1.54) is 11.8 Å². The summed E-state index contributed by atoms with van der Waals surface area (Å²) in [5, 5.41) is 10.3. The van der Waals surface area contributed by atoms with Crippen LogP contribution in [0.15, 0.2) is 40.4 Å². The van der Waals surface area contributed by atoms with Crippen molar-refractivity contribution in [3.8, 4) is 0 Å². The summed E-state index contributed by atoms with van der Waals surface area (Å²) in [4.78, 5) is 11.3. The zero-order valence-electron chi connectivity index (χ0n) is 11.3. The Balaban J connectivity index is 2.26. The number of aromatic nitrogens is 2. The van der Waals surface area contributed by atoms with Crippen molar-refractivity contribution < 1.29 is 0 Å². The molecular weight excluding hydrogens is 276 g/mol. The van der Waals surface area contributed by atoms with Crippen LogP contribution in [0.25, 0.3) is 0 Å². The summed E-state index contributed by atoms with van der Waals surface area (Å²) in [7, 11) is 0. The van der Waals surface area contributed by atoms with Crippen molar-refractivity contribution in [1.82, 2.24) is 10.2 Å². The number of aryl methyl sites for hydroxylation is 1. The molecule has 0 aliphatic carbocycles. The monoisotopic (exact) mass is 290 g/mol. The molecule has 20 heavy (non-hydrogen) atoms. The van der Waals surface area contributed by atoms with E-state index < -0.39 is 5.56 Å². The topological polar surface area (TPSA) is 70.1 Å². The Morgan fingerprint density at radius 3 is 2.75 bits per heavy atom. The normalized spacial score (nSPS) is 11.4. The fraction of sp³-hybridized carbons (Fsp3) is 0.214. The quantitative estimate of drug-likeness (QED) is 0.672. The minimum absolute atomic E-state index is 0.0445. The SMILES string of the molecule is CC/C(=N/Nc1cn[nH]c(=O)c1Cl)c1ccc(C)cc1. The number of hydrazone groups is 1. The number of halogens is 1. The molecule has 1 heterocycles. The van der Waals surface area contributed by atoms with Crippen LogP contribution >= 0.6 is 11.6 Å². The Bertz CT molecular complexity index is 676. The first-order chi connectivity index (χ1) is 9.61. The first kappa shape index (κ1) is 14.3. The molecule has 5 nitrogen and oxygen atoms in total. The maximum atomic E-state index is 11.3. The number of H-pyrrole nitrogens is 1. The van der Waals surface area contributed by atoms with Crippen molar-refractivity contribution in [3.63, 3.8) is 0 Å². The summed E-state index contributed by atoms with van der Waals surface area (Å²) in [6, 6.07) is 8.08. The molecule has 0 fully saturated rings. The second kappa shape index (κ2) is 6.34. The van der Waals surface area contributed by atoms with Gasteiger partial charge in [0.1, 0.15) is 10.7 Å². The van der Waals surface area contributed by atoms with Gasteiger partial charge in [-0.15, -0.1) is 0 Å². The van der Waals surface area contributed by atoms with Gasteiger partial charge in [-0.25, -0.2) is 5.10 Å². The van der Waals surface area contributed by atoms with Crippen LogP contribution in [0.2, 0.25) is 5.02 Å². The molecule has 104 valence electrons. The summed E-state index contributed by atoms with van der Waals surface area (Å²) < 4.78 is 0. The smallest absolute Gasteiger partial charge is 0.275 e. The lowest BCUT2D eigenvalue weighted by molar-refractivity contribution is 0.986. The van der Waals surface area contributed by atoms with E-state index in [9.17, 15) is 4.79 Å². The van der Waals surface area contributed by atoms with Gasteiger partial charge in [-0.2, -0.15) is 10.2 Å². The molecule has 0 atom stereocenters. The Hall–Kier alpha value is -2.14. The van der Waals surface area contributed by atoms with Gasteiger partial charge < -0.3 is 0 Å². The highest BCUT2D eigenvalue weighted by Gasteiger charge is 2.05. The van der Waals surface area contributed by atoms with Gasteiger partial charge in [-0.05, 0) is 18.9 Å². The molecule has 6 heteroatoms. The van der Waals surface area contributed by atoms with E-state index in [4.69, 9.17) is 11.6 Å². The van der Waals surface area contributed by atoms with Crippen LogP contribution in [0.1, 0.15) is 24.5 Å². The number of hydrogen-bond donors (Lipinski definition) is 2. The Kier molecular flexibility index (Phi) is 4.53. The molecule has 1 aromatic carbocycles. The van der Waals surface area contributed by atoms with Gasteiger partial charge in [0.2, 0.25) is 0 Å². The largest absolute Gasteiger partial charge is 0.285 e. The van der Waals surface area contributed by atoms with Crippen LogP contribution in [0.5, 0.6) is 0 Å². The van der Waals surface area contributed by atoms with Gasteiger partial charge in [0.15, 0.2) is 0 Å². The molecule has 0 aliphatic rings. The predicted molar refractivity (Wildman–Crippen MR) is 81.5 cm³/mol. The minimum Gasteiger partial charge on any atom is -0.275 e. The maximum Gasteiger partial charge on any atom is 0.285 e. The molecule has 0 amide bonds. The Morgan fingerprint density at radius 2 is 2.10 bits per heavy atom. The van der Waals surface area contributed by atoms with Gasteiger partial charge in [0.25, 0.3) is 5.56 Å². The van der Waals surface area contributed by atoms with Crippen molar-refractivity contribution in [2.24, 2.45) is 5.10 Å². The Morgan fingerprint density at radius 1 is 1.40 bits per heavy atom. The molecule has 0 saturated carbocycles. The highest BCUT2D eigenvalue weighted by Crippen LogP contribution is 2.15. The molecule has 0 radical (unpaired) electrons. The lowest BCUT2D eigenvalue weighted by Gasteiger charge is -2.06. The third-order valence-electron chi connectivity index (χ3n) is 2.83. The molecule has 0 aliphatic heterocycles. The second-order valence-corrected chi connectivity index (χ2v) is 4.69. The average Bonchev–Trinajstić information content (AvgIpc) is 2.45. The van der Waals surface area contributed by atoms with Crippen molar-refractivity contribution in [3.05, 3.63) is 57.0 Å². The van der Waals surface area contributed by atoms with E-state index in [1.54, 1.807) is 0 Å². The lowest BCUT2D eigenvalue weighted by Crippen LogP contribution is -2.11. The van der Waals surface area contributed by atoms with E-state index >= 15 is 0 Å². The summed E-state index contributed by atoms with van der Waals surface area (Å²) in [6.07, 6.45) is 2.18. The van der Waals surface area contributed by atoms with E-state index in [1.807, 2.05) is 38.1 Å². The second-order valence-electron chi connectivity index (χ2n) is 4.32. The van der Waals surface area contributed by atoms with Crippen LogP contribution in [0.3, 0.4) is 0 Å². The minimum atomic E-state index is -0.444. The van der Waals surface area contributed by atoms with Gasteiger partial charge in [0, 0.05) is 0 Å². The molecule has 1 aromatic heterocycles. The number of nitrogens with zero attached hydrogens (tertiary/aromatic N) is 2. The van der Waals surface area contributed by atoms with Crippen LogP contribution in [-0.2, 0) is 0 Å². The van der Waals surface area contributed by atoms with Crippen molar-refractivity contribution in [2.75, 3.05) is 5.43 Å². The molecule has 0 unspecified atom stereocenters. The maximum absolute atomic E-state index is 11.3. The Labute approximate surface area is 121 Å². The first-order valence-corrected chi connectivity index (χ1v) is 6.62. The van der Waals surface area contributed by atoms with Crippen molar-refractivity contribution in [2.45, 2.75) is 20.3 Å². The van der Waals surface area contributed by atoms with Crippen LogP contribution in [0.4, 0.5) is 5.69 Å². The van der Waals surface area contributed by atoms with E-state index in [0.717, 1.165) is 17.7 Å². The van der Waals surface area contributed by atoms with Crippen molar-refractivity contribution in [1.29, 1.82) is 0 Å². The van der Waals surface area contributed by atoms with Gasteiger partial charge in [-0.3, -0.25) is 10.2 Å². The third kappa shape index (κ3) is 3.24. The number of anilines is 1. The standard InChI is InChI=1S/C14H15ClN4O/c1-3-11(10-6-4-9(2)5-7-10)17-18-12-8-16-19-14(20)13(12)15/h4-8H,3H2,1-2H3,(H2,18,19,20)/b17-11-. The number of hydrogen-bond acceptors (Lipinski definition) is 4. The number of aromatic amines is 1. The summed E-state index contributed by atoms with van der Waals surface area (Å²) in [5.41, 5.74) is 5.83. The zero-order chi connectivity index (χ0) is 14.5. The van der Waals surface area contributed by atoms with E-state index in [-0.39, 0.29) is 5.02 Å². The lowest BCUT2D eigenvalue weighted by atomic mass is 10.1. The van der Waals surface area contributed by atoms with Gasteiger partial charge in [0.05, 0.1) is 11.9 Å². The fourth-order valence-corrected chi connectivity index (χ4v) is 1.82. The first-order valence-electron chi connectivity index (χ1n) is 6.24. The summed E-state index contributed by atoms with van der Waals surface area (Å²) in [6.45, 7) is 4.05. The molecule has 2 N–H and O–H groups in total. The number of benzene rings is 1. The average molecular weight is 291 g/mol. The zero-order valence-corrected chi connectivity index (χ0v) is 12.0. The molecular formula is C14H15ClN4O. The van der Waals surface area contributed by atoms with Crippen LogP contribution in [-0.4, -0.2) is 15.9 Å². The third-order valence-corrected chi connectivity index (χ3v) is 3.20. The molecule has 2 rings (SSSR count). The van der Waals surface area contributed by atoms with Crippen molar-refractivity contribution >= 4 is 23.0 Å². The molecule has 0 spiro atoms. The molecule has 2 aromatic rings. The van der Waals surface area contributed by atoms with Gasteiger partial charge in [-0.1, -0.05) is 48.4 Å². The molecule has 0 saturated heterocycles. The van der Waals surface area contributed by atoms with Crippen LogP contribution < -0.4 is 11.0 Å². The van der Waals surface area contributed by atoms with Crippen LogP contribution in [0, 0.1) is 6.92 Å². The number of nitrogens with one attached hydrogen (secondary N) is 2. The molecule has 0 bridgehead atoms. The fourth-order valence-electron chi connectivity index (χ4n) is 1.68. The van der Waals surface area contributed by atoms with E-state index in [2.05, 4.69) is 20.7 Å². The van der Waals surface area contributed by atoms with Gasteiger partial charge >= 0.3 is 0 Å². The van der Waals surface area contributed by atoms with E-state index in [0.29, 0.717) is 5.69 Å². The summed E-state index contributed by atoms with van der Waals surface area (Å²) in [5.74, 6) is 0. The highest BCUT2D eigenvalue weighted by atomic mass is 35.5. The highest BCUT2D eigenvalue weighted by molar-refractivity contribution is 6.32. The predicted octanol–water partition coefficient (Wildman–Crippen LogP) is 2.96.